The highest BCUT2D eigenvalue weighted by Gasteiger charge is 2.19. The average molecular weight is 305 g/mol. The molecule has 0 saturated carbocycles. The highest BCUT2D eigenvalue weighted by molar-refractivity contribution is 5.43. The molecule has 1 fully saturated rings. The first-order chi connectivity index (χ1) is 10.6. The SMILES string of the molecule is CCN(CC)CCCN1CCN(c2nc(C)cnc2C)CC1. The van der Waals surface area contributed by atoms with Gasteiger partial charge in [0.05, 0.1) is 11.4 Å². The molecular formula is C17H31N5. The van der Waals surface area contributed by atoms with Crippen molar-refractivity contribution in [1.29, 1.82) is 0 Å². The Hall–Kier alpha value is -1.20. The Morgan fingerprint density at radius 2 is 1.77 bits per heavy atom. The molecule has 0 spiro atoms. The van der Waals surface area contributed by atoms with Crippen LogP contribution in [0.25, 0.3) is 0 Å². The van der Waals surface area contributed by atoms with Crippen molar-refractivity contribution in [2.24, 2.45) is 0 Å². The normalized spacial score (nSPS) is 16.5. The Labute approximate surface area is 135 Å². The van der Waals surface area contributed by atoms with Gasteiger partial charge in [0.1, 0.15) is 5.82 Å². The number of aromatic nitrogens is 2. The van der Waals surface area contributed by atoms with Gasteiger partial charge in [0.15, 0.2) is 0 Å². The van der Waals surface area contributed by atoms with Gasteiger partial charge in [-0.1, -0.05) is 13.8 Å². The van der Waals surface area contributed by atoms with E-state index in [1.165, 1.54) is 19.5 Å². The minimum Gasteiger partial charge on any atom is -0.353 e. The van der Waals surface area contributed by atoms with E-state index < -0.39 is 0 Å². The Kier molecular flexibility index (Phi) is 6.58. The summed E-state index contributed by atoms with van der Waals surface area (Å²) in [5, 5.41) is 0. The molecule has 124 valence electrons. The third-order valence-electron chi connectivity index (χ3n) is 4.57. The molecule has 1 saturated heterocycles. The van der Waals surface area contributed by atoms with Crippen molar-refractivity contribution in [3.05, 3.63) is 17.6 Å². The summed E-state index contributed by atoms with van der Waals surface area (Å²) in [6, 6.07) is 0. The lowest BCUT2D eigenvalue weighted by atomic mass is 10.2. The molecule has 0 aromatic carbocycles. The minimum atomic E-state index is 1.00. The monoisotopic (exact) mass is 305 g/mol. The van der Waals surface area contributed by atoms with Gasteiger partial charge >= 0.3 is 0 Å². The molecule has 0 bridgehead atoms. The quantitative estimate of drug-likeness (QED) is 0.769. The van der Waals surface area contributed by atoms with Crippen molar-refractivity contribution in [3.63, 3.8) is 0 Å². The summed E-state index contributed by atoms with van der Waals surface area (Å²) in [4.78, 5) is 16.6. The first-order valence-electron chi connectivity index (χ1n) is 8.64. The third-order valence-corrected chi connectivity index (χ3v) is 4.57. The Bertz CT molecular complexity index is 450. The van der Waals surface area contributed by atoms with Crippen molar-refractivity contribution in [1.82, 2.24) is 19.8 Å². The summed E-state index contributed by atoms with van der Waals surface area (Å²) < 4.78 is 0. The molecule has 1 aliphatic heterocycles. The van der Waals surface area contributed by atoms with Crippen LogP contribution in [0.2, 0.25) is 0 Å². The molecule has 2 rings (SSSR count). The Morgan fingerprint density at radius 1 is 1.09 bits per heavy atom. The summed E-state index contributed by atoms with van der Waals surface area (Å²) in [5.74, 6) is 1.07. The number of rotatable bonds is 7. The number of hydrogen-bond donors (Lipinski definition) is 0. The van der Waals surface area contributed by atoms with Gasteiger partial charge in [-0.15, -0.1) is 0 Å². The molecule has 0 atom stereocenters. The lowest BCUT2D eigenvalue weighted by molar-refractivity contribution is 0.227. The fourth-order valence-electron chi connectivity index (χ4n) is 3.07. The van der Waals surface area contributed by atoms with Gasteiger partial charge in [0.2, 0.25) is 0 Å². The van der Waals surface area contributed by atoms with E-state index in [1.54, 1.807) is 0 Å². The molecular weight excluding hydrogens is 274 g/mol. The molecule has 0 aliphatic carbocycles. The average Bonchev–Trinajstić information content (AvgIpc) is 2.54. The molecule has 22 heavy (non-hydrogen) atoms. The summed E-state index contributed by atoms with van der Waals surface area (Å²) in [5.41, 5.74) is 2.04. The van der Waals surface area contributed by atoms with Crippen molar-refractivity contribution in [3.8, 4) is 0 Å². The smallest absolute Gasteiger partial charge is 0.150 e. The molecule has 0 radical (unpaired) electrons. The fraction of sp³-hybridized carbons (Fsp3) is 0.765. The summed E-state index contributed by atoms with van der Waals surface area (Å²) in [7, 11) is 0. The van der Waals surface area contributed by atoms with E-state index in [0.717, 1.165) is 56.5 Å². The first kappa shape index (κ1) is 17.2. The predicted molar refractivity (Wildman–Crippen MR) is 92.6 cm³/mol. The zero-order valence-corrected chi connectivity index (χ0v) is 14.7. The third kappa shape index (κ3) is 4.65. The van der Waals surface area contributed by atoms with Crippen LogP contribution in [0.4, 0.5) is 5.82 Å². The van der Waals surface area contributed by atoms with Crippen molar-refractivity contribution >= 4 is 5.82 Å². The maximum absolute atomic E-state index is 4.67. The highest BCUT2D eigenvalue weighted by atomic mass is 15.3. The number of piperazine rings is 1. The maximum Gasteiger partial charge on any atom is 0.150 e. The molecule has 0 amide bonds. The van der Waals surface area contributed by atoms with Gasteiger partial charge in [-0.2, -0.15) is 0 Å². The molecule has 1 aromatic heterocycles. The van der Waals surface area contributed by atoms with Gasteiger partial charge in [0.25, 0.3) is 0 Å². The second-order valence-electron chi connectivity index (χ2n) is 6.13. The number of hydrogen-bond acceptors (Lipinski definition) is 5. The lowest BCUT2D eigenvalue weighted by Crippen LogP contribution is -2.47. The van der Waals surface area contributed by atoms with E-state index in [-0.39, 0.29) is 0 Å². The van der Waals surface area contributed by atoms with Crippen LogP contribution in [-0.2, 0) is 0 Å². The zero-order chi connectivity index (χ0) is 15.9. The van der Waals surface area contributed by atoms with Crippen LogP contribution in [0.1, 0.15) is 31.7 Å². The second kappa shape index (κ2) is 8.44. The minimum absolute atomic E-state index is 1.00. The first-order valence-corrected chi connectivity index (χ1v) is 8.64. The summed E-state index contributed by atoms with van der Waals surface area (Å²) in [6.07, 6.45) is 3.12. The van der Waals surface area contributed by atoms with Crippen LogP contribution >= 0.6 is 0 Å². The Balaban J connectivity index is 1.77. The van der Waals surface area contributed by atoms with Crippen LogP contribution < -0.4 is 4.90 Å². The standard InChI is InChI=1S/C17H31N5/c1-5-20(6-2)8-7-9-21-10-12-22(13-11-21)17-16(4)18-14-15(3)19-17/h14H,5-13H2,1-4H3. The molecule has 1 aromatic rings. The van der Waals surface area contributed by atoms with Crippen LogP contribution in [0.3, 0.4) is 0 Å². The Morgan fingerprint density at radius 3 is 2.41 bits per heavy atom. The fourth-order valence-corrected chi connectivity index (χ4v) is 3.07. The number of aryl methyl sites for hydroxylation is 2. The maximum atomic E-state index is 4.67. The van der Waals surface area contributed by atoms with Crippen molar-refractivity contribution in [2.75, 3.05) is 57.3 Å². The molecule has 0 N–H and O–H groups in total. The zero-order valence-electron chi connectivity index (χ0n) is 14.7. The topological polar surface area (TPSA) is 35.5 Å². The van der Waals surface area contributed by atoms with E-state index in [1.807, 2.05) is 13.1 Å². The summed E-state index contributed by atoms with van der Waals surface area (Å²) >= 11 is 0. The van der Waals surface area contributed by atoms with Gasteiger partial charge < -0.3 is 9.80 Å². The van der Waals surface area contributed by atoms with Gasteiger partial charge in [0, 0.05) is 32.4 Å². The highest BCUT2D eigenvalue weighted by Crippen LogP contribution is 2.17. The van der Waals surface area contributed by atoms with Crippen LogP contribution in [0, 0.1) is 13.8 Å². The molecule has 2 heterocycles. The lowest BCUT2D eigenvalue weighted by Gasteiger charge is -2.36. The van der Waals surface area contributed by atoms with Gasteiger partial charge in [-0.3, -0.25) is 9.88 Å². The van der Waals surface area contributed by atoms with Gasteiger partial charge in [-0.05, 0) is 46.4 Å². The second-order valence-corrected chi connectivity index (χ2v) is 6.13. The summed E-state index contributed by atoms with van der Waals surface area (Å²) in [6.45, 7) is 17.7. The number of anilines is 1. The van der Waals surface area contributed by atoms with E-state index in [9.17, 15) is 0 Å². The molecule has 5 nitrogen and oxygen atoms in total. The van der Waals surface area contributed by atoms with E-state index in [4.69, 9.17) is 0 Å². The number of nitrogens with zero attached hydrogens (tertiary/aromatic N) is 5. The largest absolute Gasteiger partial charge is 0.353 e. The van der Waals surface area contributed by atoms with Crippen molar-refractivity contribution < 1.29 is 0 Å². The predicted octanol–water partition coefficient (Wildman–Crippen LogP) is 1.95. The van der Waals surface area contributed by atoms with Crippen LogP contribution in [0.15, 0.2) is 6.20 Å². The van der Waals surface area contributed by atoms with E-state index >= 15 is 0 Å². The molecule has 5 heteroatoms. The van der Waals surface area contributed by atoms with E-state index in [2.05, 4.69) is 45.4 Å². The molecule has 0 unspecified atom stereocenters. The van der Waals surface area contributed by atoms with Gasteiger partial charge in [-0.25, -0.2) is 4.98 Å². The van der Waals surface area contributed by atoms with E-state index in [0.29, 0.717) is 0 Å². The molecule has 1 aliphatic rings. The van der Waals surface area contributed by atoms with Crippen molar-refractivity contribution in [2.45, 2.75) is 34.1 Å². The van der Waals surface area contributed by atoms with Crippen LogP contribution in [-0.4, -0.2) is 72.1 Å². The van der Waals surface area contributed by atoms with Crippen LogP contribution in [0.5, 0.6) is 0 Å².